The zero-order valence-electron chi connectivity index (χ0n) is 9.69. The molecular formula is C11H21Cl2N3. The molecule has 2 heterocycles. The molecule has 1 fully saturated rings. The van der Waals surface area contributed by atoms with Crippen molar-refractivity contribution in [3.05, 3.63) is 18.2 Å². The highest BCUT2D eigenvalue weighted by molar-refractivity contribution is 5.85. The van der Waals surface area contributed by atoms with Crippen LogP contribution in [-0.4, -0.2) is 22.6 Å². The van der Waals surface area contributed by atoms with Crippen molar-refractivity contribution in [2.45, 2.75) is 32.7 Å². The Bertz CT molecular complexity index is 283. The van der Waals surface area contributed by atoms with Gasteiger partial charge in [0.05, 0.1) is 0 Å². The van der Waals surface area contributed by atoms with Gasteiger partial charge in [0.1, 0.15) is 5.82 Å². The molecule has 0 spiro atoms. The summed E-state index contributed by atoms with van der Waals surface area (Å²) in [4.78, 5) is 4.23. The van der Waals surface area contributed by atoms with Crippen molar-refractivity contribution >= 4 is 24.8 Å². The van der Waals surface area contributed by atoms with Gasteiger partial charge in [-0.3, -0.25) is 0 Å². The molecule has 3 nitrogen and oxygen atoms in total. The van der Waals surface area contributed by atoms with Crippen molar-refractivity contribution in [3.8, 4) is 0 Å². The van der Waals surface area contributed by atoms with Gasteiger partial charge in [-0.25, -0.2) is 4.98 Å². The van der Waals surface area contributed by atoms with Crippen LogP contribution in [0.3, 0.4) is 0 Å². The lowest BCUT2D eigenvalue weighted by Gasteiger charge is -2.22. The first-order chi connectivity index (χ1) is 6.86. The van der Waals surface area contributed by atoms with E-state index in [4.69, 9.17) is 0 Å². The number of aromatic nitrogens is 2. The number of hydrogen-bond acceptors (Lipinski definition) is 2. The van der Waals surface area contributed by atoms with Crippen molar-refractivity contribution in [2.75, 3.05) is 13.1 Å². The van der Waals surface area contributed by atoms with E-state index in [1.807, 2.05) is 6.20 Å². The number of hydrogen-bond donors (Lipinski definition) is 1. The quantitative estimate of drug-likeness (QED) is 0.910. The van der Waals surface area contributed by atoms with Gasteiger partial charge in [0.25, 0.3) is 0 Å². The lowest BCUT2D eigenvalue weighted by Crippen LogP contribution is -2.28. The van der Waals surface area contributed by atoms with E-state index in [1.54, 1.807) is 0 Å². The van der Waals surface area contributed by atoms with Gasteiger partial charge in [-0.05, 0) is 45.2 Å². The highest BCUT2D eigenvalue weighted by Gasteiger charge is 2.12. The summed E-state index contributed by atoms with van der Waals surface area (Å²) in [7, 11) is 0. The van der Waals surface area contributed by atoms with E-state index < -0.39 is 0 Å². The van der Waals surface area contributed by atoms with Crippen LogP contribution >= 0.6 is 24.8 Å². The molecule has 0 aliphatic carbocycles. The molecular weight excluding hydrogens is 245 g/mol. The van der Waals surface area contributed by atoms with Crippen LogP contribution < -0.4 is 5.32 Å². The Morgan fingerprint density at radius 3 is 2.62 bits per heavy atom. The molecule has 1 aromatic heterocycles. The molecule has 1 aromatic rings. The lowest BCUT2D eigenvalue weighted by atomic mass is 9.95. The van der Waals surface area contributed by atoms with E-state index in [0.717, 1.165) is 18.3 Å². The second-order valence-corrected chi connectivity index (χ2v) is 4.15. The molecule has 94 valence electrons. The van der Waals surface area contributed by atoms with Gasteiger partial charge in [0.2, 0.25) is 0 Å². The van der Waals surface area contributed by atoms with Crippen LogP contribution in [0.1, 0.15) is 25.1 Å². The third-order valence-corrected chi connectivity index (χ3v) is 3.16. The van der Waals surface area contributed by atoms with E-state index >= 15 is 0 Å². The second kappa shape index (κ2) is 7.93. The van der Waals surface area contributed by atoms with Crippen molar-refractivity contribution in [3.63, 3.8) is 0 Å². The number of rotatable bonds is 3. The molecule has 0 amide bonds. The van der Waals surface area contributed by atoms with Gasteiger partial charge >= 0.3 is 0 Å². The average molecular weight is 266 g/mol. The highest BCUT2D eigenvalue weighted by atomic mass is 35.5. The van der Waals surface area contributed by atoms with Crippen molar-refractivity contribution in [1.29, 1.82) is 0 Å². The molecule has 1 aliphatic heterocycles. The molecule has 0 aromatic carbocycles. The highest BCUT2D eigenvalue weighted by Crippen LogP contribution is 2.16. The molecule has 0 atom stereocenters. The van der Waals surface area contributed by atoms with E-state index in [0.29, 0.717) is 0 Å². The SMILES string of the molecule is Cc1nccn1CCC1CCNCC1.Cl.Cl. The third-order valence-electron chi connectivity index (χ3n) is 3.16. The summed E-state index contributed by atoms with van der Waals surface area (Å²) in [6.07, 6.45) is 7.95. The number of piperidine rings is 1. The second-order valence-electron chi connectivity index (χ2n) is 4.15. The van der Waals surface area contributed by atoms with Gasteiger partial charge in [-0.15, -0.1) is 24.8 Å². The molecule has 0 unspecified atom stereocenters. The molecule has 0 radical (unpaired) electrons. The monoisotopic (exact) mass is 265 g/mol. The van der Waals surface area contributed by atoms with Gasteiger partial charge in [-0.1, -0.05) is 0 Å². The summed E-state index contributed by atoms with van der Waals surface area (Å²) < 4.78 is 2.25. The third kappa shape index (κ3) is 4.32. The Morgan fingerprint density at radius 1 is 1.38 bits per heavy atom. The van der Waals surface area contributed by atoms with Crippen molar-refractivity contribution < 1.29 is 0 Å². The minimum Gasteiger partial charge on any atom is -0.335 e. The van der Waals surface area contributed by atoms with Crippen molar-refractivity contribution in [2.24, 2.45) is 5.92 Å². The summed E-state index contributed by atoms with van der Waals surface area (Å²) >= 11 is 0. The maximum Gasteiger partial charge on any atom is 0.105 e. The summed E-state index contributed by atoms with van der Waals surface area (Å²) in [6.45, 7) is 5.61. The average Bonchev–Trinajstić information content (AvgIpc) is 2.63. The van der Waals surface area contributed by atoms with E-state index in [-0.39, 0.29) is 24.8 Å². The number of halogens is 2. The van der Waals surface area contributed by atoms with Gasteiger partial charge < -0.3 is 9.88 Å². The Labute approximate surface area is 110 Å². The first kappa shape index (κ1) is 15.8. The fourth-order valence-electron chi connectivity index (χ4n) is 2.13. The summed E-state index contributed by atoms with van der Waals surface area (Å²) in [5, 5.41) is 3.40. The molecule has 1 aliphatic rings. The largest absolute Gasteiger partial charge is 0.335 e. The lowest BCUT2D eigenvalue weighted by molar-refractivity contribution is 0.337. The minimum atomic E-state index is 0. The van der Waals surface area contributed by atoms with E-state index in [1.165, 1.54) is 32.4 Å². The van der Waals surface area contributed by atoms with Crippen LogP contribution in [0.4, 0.5) is 0 Å². The van der Waals surface area contributed by atoms with Crippen LogP contribution in [0.25, 0.3) is 0 Å². The molecule has 16 heavy (non-hydrogen) atoms. The normalized spacial score (nSPS) is 16.3. The van der Waals surface area contributed by atoms with Crippen LogP contribution in [0, 0.1) is 12.8 Å². The number of nitrogens with zero attached hydrogens (tertiary/aromatic N) is 2. The standard InChI is InChI=1S/C11H19N3.2ClH/c1-10-13-7-9-14(10)8-4-11-2-5-12-6-3-11;;/h7,9,11-12H,2-6,8H2,1H3;2*1H. The molecule has 1 N–H and O–H groups in total. The van der Waals surface area contributed by atoms with Crippen LogP contribution in [0.15, 0.2) is 12.4 Å². The van der Waals surface area contributed by atoms with Gasteiger partial charge in [0, 0.05) is 18.9 Å². The van der Waals surface area contributed by atoms with Crippen molar-refractivity contribution in [1.82, 2.24) is 14.9 Å². The number of imidazole rings is 1. The van der Waals surface area contributed by atoms with Gasteiger partial charge in [-0.2, -0.15) is 0 Å². The minimum absolute atomic E-state index is 0. The van der Waals surface area contributed by atoms with Gasteiger partial charge in [0.15, 0.2) is 0 Å². The fourth-order valence-corrected chi connectivity index (χ4v) is 2.13. The van der Waals surface area contributed by atoms with Crippen LogP contribution in [0.2, 0.25) is 0 Å². The maximum atomic E-state index is 4.23. The fraction of sp³-hybridized carbons (Fsp3) is 0.727. The summed E-state index contributed by atoms with van der Waals surface area (Å²) in [6, 6.07) is 0. The molecule has 2 rings (SSSR count). The first-order valence-corrected chi connectivity index (χ1v) is 5.55. The molecule has 1 saturated heterocycles. The Balaban J connectivity index is 0.00000112. The molecule has 0 bridgehead atoms. The Hall–Kier alpha value is -0.250. The van der Waals surface area contributed by atoms with E-state index in [2.05, 4.69) is 28.0 Å². The summed E-state index contributed by atoms with van der Waals surface area (Å²) in [5.74, 6) is 2.05. The van der Waals surface area contributed by atoms with Crippen LogP contribution in [0.5, 0.6) is 0 Å². The van der Waals surface area contributed by atoms with E-state index in [9.17, 15) is 0 Å². The smallest absolute Gasteiger partial charge is 0.105 e. The first-order valence-electron chi connectivity index (χ1n) is 5.55. The number of aryl methyl sites for hydroxylation is 2. The zero-order chi connectivity index (χ0) is 9.80. The Morgan fingerprint density at radius 2 is 2.06 bits per heavy atom. The van der Waals surface area contributed by atoms with Crippen LogP contribution in [-0.2, 0) is 6.54 Å². The zero-order valence-corrected chi connectivity index (χ0v) is 11.3. The molecule has 5 heteroatoms. The molecule has 0 saturated carbocycles. The Kier molecular flexibility index (Phi) is 7.81. The predicted molar refractivity (Wildman–Crippen MR) is 71.7 cm³/mol. The predicted octanol–water partition coefficient (Wildman–Crippen LogP) is 2.42. The summed E-state index contributed by atoms with van der Waals surface area (Å²) in [5.41, 5.74) is 0. The number of nitrogens with one attached hydrogen (secondary N) is 1. The topological polar surface area (TPSA) is 29.9 Å². The maximum absolute atomic E-state index is 4.23.